The Labute approximate surface area is 181 Å². The molecule has 0 bridgehead atoms. The van der Waals surface area contributed by atoms with E-state index in [1.807, 2.05) is 36.4 Å². The van der Waals surface area contributed by atoms with Crippen LogP contribution < -0.4 is 10.6 Å². The molecule has 2 amide bonds. The number of alkyl carbamates (subject to hydrolysis) is 1. The number of nitrogens with one attached hydrogen (secondary N) is 2. The highest BCUT2D eigenvalue weighted by atomic mass is 16.5. The minimum absolute atomic E-state index is 0.0504. The average Bonchev–Trinajstić information content (AvgIpc) is 3.05. The molecule has 3 rings (SSSR count). The van der Waals surface area contributed by atoms with E-state index in [4.69, 9.17) is 9.84 Å². The standard InChI is InChI=1S/C24H28N2O5/c1-14(21(27)26-24(3,4)22(28)29)15(2)25-23(30)31-13-20-18-11-7-5-9-16(18)17-10-6-8-12-19(17)20/h5-12,14-15,20H,13H2,1-4H3,(H,25,30)(H,26,27)(H,28,29). The maximum absolute atomic E-state index is 12.4. The van der Waals surface area contributed by atoms with Crippen molar-refractivity contribution < 1.29 is 24.2 Å². The maximum Gasteiger partial charge on any atom is 0.407 e. The zero-order valence-corrected chi connectivity index (χ0v) is 18.1. The lowest BCUT2D eigenvalue weighted by Crippen LogP contribution is -2.54. The Kier molecular flexibility index (Phi) is 6.34. The molecule has 3 N–H and O–H groups in total. The van der Waals surface area contributed by atoms with E-state index in [-0.39, 0.29) is 12.5 Å². The minimum Gasteiger partial charge on any atom is -0.480 e. The molecule has 7 nitrogen and oxygen atoms in total. The highest BCUT2D eigenvalue weighted by Gasteiger charge is 2.33. The van der Waals surface area contributed by atoms with Crippen molar-refractivity contribution in [3.63, 3.8) is 0 Å². The molecule has 0 radical (unpaired) electrons. The predicted molar refractivity (Wildman–Crippen MR) is 117 cm³/mol. The van der Waals surface area contributed by atoms with Crippen LogP contribution in [-0.2, 0) is 14.3 Å². The van der Waals surface area contributed by atoms with Crippen LogP contribution in [0.2, 0.25) is 0 Å². The van der Waals surface area contributed by atoms with Gasteiger partial charge in [0, 0.05) is 12.0 Å². The van der Waals surface area contributed by atoms with Crippen LogP contribution in [0.15, 0.2) is 48.5 Å². The Balaban J connectivity index is 1.59. The molecular formula is C24H28N2O5. The Morgan fingerprint density at radius 3 is 2.03 bits per heavy atom. The zero-order chi connectivity index (χ0) is 22.8. The monoisotopic (exact) mass is 424 g/mol. The normalized spacial score (nSPS) is 14.7. The second kappa shape index (κ2) is 8.79. The SMILES string of the molecule is CC(NC(=O)OCC1c2ccccc2-c2ccccc21)C(C)C(=O)NC(C)(C)C(=O)O. The molecule has 2 aromatic rings. The summed E-state index contributed by atoms with van der Waals surface area (Å²) in [5, 5.41) is 14.3. The van der Waals surface area contributed by atoms with Crippen LogP contribution in [0, 0.1) is 5.92 Å². The summed E-state index contributed by atoms with van der Waals surface area (Å²) < 4.78 is 5.50. The van der Waals surface area contributed by atoms with Gasteiger partial charge in [-0.25, -0.2) is 9.59 Å². The maximum atomic E-state index is 12.4. The fourth-order valence-electron chi connectivity index (χ4n) is 3.65. The number of fused-ring (bicyclic) bond motifs is 3. The molecule has 164 valence electrons. The summed E-state index contributed by atoms with van der Waals surface area (Å²) in [6.45, 7) is 6.30. The van der Waals surface area contributed by atoms with Crippen LogP contribution >= 0.6 is 0 Å². The molecule has 2 unspecified atom stereocenters. The van der Waals surface area contributed by atoms with E-state index < -0.39 is 35.5 Å². The molecule has 1 aliphatic carbocycles. The summed E-state index contributed by atoms with van der Waals surface area (Å²) >= 11 is 0. The smallest absolute Gasteiger partial charge is 0.407 e. The fourth-order valence-corrected chi connectivity index (χ4v) is 3.65. The van der Waals surface area contributed by atoms with Crippen LogP contribution in [0.3, 0.4) is 0 Å². The zero-order valence-electron chi connectivity index (χ0n) is 18.1. The number of hydrogen-bond acceptors (Lipinski definition) is 4. The fraction of sp³-hybridized carbons (Fsp3) is 0.375. The highest BCUT2D eigenvalue weighted by Crippen LogP contribution is 2.44. The highest BCUT2D eigenvalue weighted by molar-refractivity contribution is 5.87. The van der Waals surface area contributed by atoms with Crippen molar-refractivity contribution in [2.75, 3.05) is 6.61 Å². The summed E-state index contributed by atoms with van der Waals surface area (Å²) in [6.07, 6.45) is -0.619. The van der Waals surface area contributed by atoms with Crippen LogP contribution in [0.1, 0.15) is 44.7 Å². The van der Waals surface area contributed by atoms with Crippen molar-refractivity contribution in [1.82, 2.24) is 10.6 Å². The number of rotatable bonds is 7. The number of aliphatic carboxylic acids is 1. The van der Waals surface area contributed by atoms with Crippen molar-refractivity contribution >= 4 is 18.0 Å². The Hall–Kier alpha value is -3.35. The molecule has 2 aromatic carbocycles. The van der Waals surface area contributed by atoms with E-state index in [1.165, 1.54) is 13.8 Å². The first-order valence-electron chi connectivity index (χ1n) is 10.3. The van der Waals surface area contributed by atoms with Gasteiger partial charge in [0.1, 0.15) is 12.1 Å². The number of carbonyl (C=O) groups excluding carboxylic acids is 2. The van der Waals surface area contributed by atoms with Crippen LogP contribution in [0.5, 0.6) is 0 Å². The summed E-state index contributed by atoms with van der Waals surface area (Å²) in [7, 11) is 0. The molecule has 0 aromatic heterocycles. The summed E-state index contributed by atoms with van der Waals surface area (Å²) in [5.74, 6) is -2.28. The van der Waals surface area contributed by atoms with Gasteiger partial charge in [-0.05, 0) is 43.0 Å². The van der Waals surface area contributed by atoms with E-state index in [0.717, 1.165) is 22.3 Å². The topological polar surface area (TPSA) is 105 Å². The van der Waals surface area contributed by atoms with Crippen molar-refractivity contribution in [3.8, 4) is 11.1 Å². The summed E-state index contributed by atoms with van der Waals surface area (Å²) in [4.78, 5) is 36.0. The number of carboxylic acid groups (broad SMARTS) is 1. The Morgan fingerprint density at radius 2 is 1.52 bits per heavy atom. The number of benzene rings is 2. The van der Waals surface area contributed by atoms with Crippen LogP contribution in [0.25, 0.3) is 11.1 Å². The van der Waals surface area contributed by atoms with Gasteiger partial charge < -0.3 is 20.5 Å². The second-order valence-electron chi connectivity index (χ2n) is 8.47. The van der Waals surface area contributed by atoms with Gasteiger partial charge in [0.15, 0.2) is 0 Å². The number of hydrogen-bond donors (Lipinski definition) is 3. The van der Waals surface area contributed by atoms with E-state index in [9.17, 15) is 14.4 Å². The van der Waals surface area contributed by atoms with E-state index in [0.29, 0.717) is 0 Å². The molecule has 0 heterocycles. The quantitative estimate of drug-likeness (QED) is 0.631. The van der Waals surface area contributed by atoms with Crippen LogP contribution in [0.4, 0.5) is 4.79 Å². The van der Waals surface area contributed by atoms with Gasteiger partial charge >= 0.3 is 12.1 Å². The molecule has 31 heavy (non-hydrogen) atoms. The lowest BCUT2D eigenvalue weighted by molar-refractivity contribution is -0.146. The van der Waals surface area contributed by atoms with Crippen molar-refractivity contribution in [1.29, 1.82) is 0 Å². The van der Waals surface area contributed by atoms with E-state index in [1.54, 1.807) is 13.8 Å². The average molecular weight is 424 g/mol. The number of ether oxygens (including phenoxy) is 1. The first-order chi connectivity index (χ1) is 14.6. The number of amides is 2. The van der Waals surface area contributed by atoms with Gasteiger partial charge in [0.05, 0.1) is 5.92 Å². The van der Waals surface area contributed by atoms with Gasteiger partial charge in [0.25, 0.3) is 0 Å². The third kappa shape index (κ3) is 4.71. The van der Waals surface area contributed by atoms with Crippen molar-refractivity contribution in [2.45, 2.75) is 45.2 Å². The van der Waals surface area contributed by atoms with Gasteiger partial charge in [-0.3, -0.25) is 4.79 Å². The summed E-state index contributed by atoms with van der Waals surface area (Å²) in [5.41, 5.74) is 3.13. The predicted octanol–water partition coefficient (Wildman–Crippen LogP) is 3.53. The van der Waals surface area contributed by atoms with Gasteiger partial charge in [-0.15, -0.1) is 0 Å². The van der Waals surface area contributed by atoms with Crippen molar-refractivity contribution in [3.05, 3.63) is 59.7 Å². The lowest BCUT2D eigenvalue weighted by Gasteiger charge is -2.26. The minimum atomic E-state index is -1.39. The van der Waals surface area contributed by atoms with Gasteiger partial charge in [-0.2, -0.15) is 0 Å². The van der Waals surface area contributed by atoms with Gasteiger partial charge in [-0.1, -0.05) is 55.5 Å². The molecule has 2 atom stereocenters. The van der Waals surface area contributed by atoms with Gasteiger partial charge in [0.2, 0.25) is 5.91 Å². The summed E-state index contributed by atoms with van der Waals surface area (Å²) in [6, 6.07) is 15.6. The molecule has 0 aliphatic heterocycles. The second-order valence-corrected chi connectivity index (χ2v) is 8.47. The Morgan fingerprint density at radius 1 is 1.00 bits per heavy atom. The molecule has 1 aliphatic rings. The van der Waals surface area contributed by atoms with Crippen molar-refractivity contribution in [2.24, 2.45) is 5.92 Å². The van der Waals surface area contributed by atoms with E-state index in [2.05, 4.69) is 22.8 Å². The van der Waals surface area contributed by atoms with Crippen LogP contribution in [-0.4, -0.2) is 41.3 Å². The Bertz CT molecular complexity index is 955. The lowest BCUT2D eigenvalue weighted by atomic mass is 9.98. The molecule has 0 saturated heterocycles. The number of carbonyl (C=O) groups is 3. The third-order valence-corrected chi connectivity index (χ3v) is 5.82. The molecule has 7 heteroatoms. The number of carboxylic acids is 1. The first kappa shape index (κ1) is 22.3. The molecule has 0 saturated carbocycles. The third-order valence-electron chi connectivity index (χ3n) is 5.82. The molecule has 0 fully saturated rings. The first-order valence-corrected chi connectivity index (χ1v) is 10.3. The van der Waals surface area contributed by atoms with E-state index >= 15 is 0 Å². The molecule has 0 spiro atoms. The largest absolute Gasteiger partial charge is 0.480 e. The molecular weight excluding hydrogens is 396 g/mol.